The number of esters is 1. The fourth-order valence-corrected chi connectivity index (χ4v) is 1.81. The summed E-state index contributed by atoms with van der Waals surface area (Å²) in [5.41, 5.74) is 0. The van der Waals surface area contributed by atoms with Crippen LogP contribution >= 0.6 is 34.8 Å². The van der Waals surface area contributed by atoms with E-state index in [-0.39, 0.29) is 16.1 Å². The highest BCUT2D eigenvalue weighted by atomic mass is 35.5. The summed E-state index contributed by atoms with van der Waals surface area (Å²) < 4.78 is 4.71. The van der Waals surface area contributed by atoms with Crippen LogP contribution in [0.1, 0.15) is 12.8 Å². The first-order valence-corrected chi connectivity index (χ1v) is 6.31. The lowest BCUT2D eigenvalue weighted by Crippen LogP contribution is -2.32. The molecule has 0 saturated heterocycles. The van der Waals surface area contributed by atoms with Crippen molar-refractivity contribution in [2.45, 2.75) is 12.8 Å². The standard InChI is InChI=1S/C11H11Cl3O4/c12-8(9(13)14)5-18-11(17)7-4-2-1-3-6(7)10(15)16/h1-2,6-7H,3-5H2,(H,15,16)/t6-,7-/m0/s1. The normalized spacial score (nSPS) is 22.4. The number of aliphatic carboxylic acids is 1. The summed E-state index contributed by atoms with van der Waals surface area (Å²) in [6.45, 7) is -0.255. The Morgan fingerprint density at radius 3 is 2.22 bits per heavy atom. The second-order valence-corrected chi connectivity index (χ2v) is 5.17. The quantitative estimate of drug-likeness (QED) is 0.640. The number of hydrogen-bond donors (Lipinski definition) is 1. The summed E-state index contributed by atoms with van der Waals surface area (Å²) in [6, 6.07) is 0. The molecule has 1 N–H and O–H groups in total. The zero-order chi connectivity index (χ0) is 13.7. The predicted octanol–water partition coefficient (Wildman–Crippen LogP) is 3.08. The lowest BCUT2D eigenvalue weighted by molar-refractivity contribution is -0.157. The molecule has 0 aromatic heterocycles. The van der Waals surface area contributed by atoms with Gasteiger partial charge in [-0.05, 0) is 12.8 Å². The van der Waals surface area contributed by atoms with Gasteiger partial charge in [-0.15, -0.1) is 0 Å². The van der Waals surface area contributed by atoms with Crippen LogP contribution in [0.4, 0.5) is 0 Å². The molecule has 0 spiro atoms. The Hall–Kier alpha value is -0.710. The molecule has 2 atom stereocenters. The molecule has 0 amide bonds. The number of carboxylic acids is 1. The van der Waals surface area contributed by atoms with E-state index in [0.717, 1.165) is 0 Å². The maximum atomic E-state index is 11.8. The van der Waals surface area contributed by atoms with E-state index in [0.29, 0.717) is 12.8 Å². The van der Waals surface area contributed by atoms with Gasteiger partial charge in [-0.2, -0.15) is 0 Å². The third-order valence-electron chi connectivity index (χ3n) is 2.60. The third kappa shape index (κ3) is 4.19. The SMILES string of the molecule is O=C(O)[C@H]1CC=CC[C@@H]1C(=O)OCC(Cl)=C(Cl)Cl. The first-order chi connectivity index (χ1) is 8.43. The minimum atomic E-state index is -1.02. The van der Waals surface area contributed by atoms with Gasteiger partial charge in [0.05, 0.1) is 16.9 Å². The molecule has 0 aromatic rings. The van der Waals surface area contributed by atoms with E-state index in [9.17, 15) is 9.59 Å². The number of carboxylic acid groups (broad SMARTS) is 1. The zero-order valence-electron chi connectivity index (χ0n) is 9.24. The Labute approximate surface area is 119 Å². The van der Waals surface area contributed by atoms with Crippen LogP contribution in [0.3, 0.4) is 0 Å². The third-order valence-corrected chi connectivity index (χ3v) is 3.55. The average molecular weight is 314 g/mol. The molecular formula is C11H11Cl3O4. The Morgan fingerprint density at radius 1 is 1.17 bits per heavy atom. The van der Waals surface area contributed by atoms with Crippen molar-refractivity contribution >= 4 is 46.7 Å². The largest absolute Gasteiger partial charge is 0.481 e. The van der Waals surface area contributed by atoms with E-state index in [2.05, 4.69) is 0 Å². The highest BCUT2D eigenvalue weighted by Gasteiger charge is 2.35. The van der Waals surface area contributed by atoms with Crippen LogP contribution in [0, 0.1) is 11.8 Å². The van der Waals surface area contributed by atoms with Crippen LogP contribution in [0.15, 0.2) is 21.7 Å². The fraction of sp³-hybridized carbons (Fsp3) is 0.455. The minimum absolute atomic E-state index is 0.00455. The number of ether oxygens (including phenoxy) is 1. The topological polar surface area (TPSA) is 63.6 Å². The van der Waals surface area contributed by atoms with Crippen molar-refractivity contribution in [1.29, 1.82) is 0 Å². The van der Waals surface area contributed by atoms with Crippen molar-refractivity contribution in [3.05, 3.63) is 21.7 Å². The second-order valence-electron chi connectivity index (χ2n) is 3.77. The van der Waals surface area contributed by atoms with Crippen molar-refractivity contribution in [3.63, 3.8) is 0 Å². The molecule has 1 aliphatic carbocycles. The second kappa shape index (κ2) is 7.02. The number of hydrogen-bond acceptors (Lipinski definition) is 3. The average Bonchev–Trinajstić information content (AvgIpc) is 2.35. The highest BCUT2D eigenvalue weighted by Crippen LogP contribution is 2.27. The van der Waals surface area contributed by atoms with Gasteiger partial charge in [-0.3, -0.25) is 9.59 Å². The smallest absolute Gasteiger partial charge is 0.310 e. The molecule has 100 valence electrons. The Kier molecular flexibility index (Phi) is 5.99. The maximum Gasteiger partial charge on any atom is 0.310 e. The fourth-order valence-electron chi connectivity index (χ4n) is 1.64. The van der Waals surface area contributed by atoms with Crippen LogP contribution in [0.25, 0.3) is 0 Å². The molecular weight excluding hydrogens is 302 g/mol. The van der Waals surface area contributed by atoms with Gasteiger partial charge in [0.2, 0.25) is 0 Å². The van der Waals surface area contributed by atoms with Crippen LogP contribution < -0.4 is 0 Å². The number of allylic oxidation sites excluding steroid dienone is 2. The molecule has 1 rings (SSSR count). The molecule has 7 heteroatoms. The molecule has 0 bridgehead atoms. The highest BCUT2D eigenvalue weighted by molar-refractivity contribution is 6.59. The van der Waals surface area contributed by atoms with Gasteiger partial charge in [0.15, 0.2) is 0 Å². The summed E-state index contributed by atoms with van der Waals surface area (Å²) in [6.07, 6.45) is 4.16. The number of carbonyl (C=O) groups is 2. The first kappa shape index (κ1) is 15.3. The van der Waals surface area contributed by atoms with Crippen LogP contribution in [-0.4, -0.2) is 23.7 Å². The molecule has 0 heterocycles. The number of carbonyl (C=O) groups excluding carboxylic acids is 1. The van der Waals surface area contributed by atoms with Crippen molar-refractivity contribution in [3.8, 4) is 0 Å². The van der Waals surface area contributed by atoms with E-state index >= 15 is 0 Å². The summed E-state index contributed by atoms with van der Waals surface area (Å²) in [7, 11) is 0. The maximum absolute atomic E-state index is 11.8. The van der Waals surface area contributed by atoms with Gasteiger partial charge in [-0.1, -0.05) is 47.0 Å². The van der Waals surface area contributed by atoms with Gasteiger partial charge in [0, 0.05) is 0 Å². The lowest BCUT2D eigenvalue weighted by atomic mass is 9.83. The van der Waals surface area contributed by atoms with E-state index < -0.39 is 23.8 Å². The molecule has 0 aromatic carbocycles. The molecule has 1 aliphatic rings. The predicted molar refractivity (Wildman–Crippen MR) is 68.5 cm³/mol. The monoisotopic (exact) mass is 312 g/mol. The summed E-state index contributed by atoms with van der Waals surface area (Å²) in [5, 5.41) is 9.01. The van der Waals surface area contributed by atoms with E-state index in [1.807, 2.05) is 0 Å². The van der Waals surface area contributed by atoms with E-state index in [1.54, 1.807) is 12.2 Å². The molecule has 0 radical (unpaired) electrons. The van der Waals surface area contributed by atoms with Crippen LogP contribution in [0.5, 0.6) is 0 Å². The minimum Gasteiger partial charge on any atom is -0.481 e. The number of rotatable bonds is 4. The Bertz CT molecular complexity index is 399. The molecule has 0 saturated carbocycles. The van der Waals surface area contributed by atoms with E-state index in [1.165, 1.54) is 0 Å². The van der Waals surface area contributed by atoms with Crippen LogP contribution in [0.2, 0.25) is 0 Å². The van der Waals surface area contributed by atoms with Crippen molar-refractivity contribution in [2.24, 2.45) is 11.8 Å². The van der Waals surface area contributed by atoms with Crippen molar-refractivity contribution < 1.29 is 19.4 Å². The van der Waals surface area contributed by atoms with Crippen LogP contribution in [-0.2, 0) is 14.3 Å². The van der Waals surface area contributed by atoms with Gasteiger partial charge in [0.1, 0.15) is 11.1 Å². The molecule has 4 nitrogen and oxygen atoms in total. The van der Waals surface area contributed by atoms with Crippen molar-refractivity contribution in [2.75, 3.05) is 6.61 Å². The lowest BCUT2D eigenvalue weighted by Gasteiger charge is -2.23. The Balaban J connectivity index is 2.63. The van der Waals surface area contributed by atoms with Gasteiger partial charge in [0.25, 0.3) is 0 Å². The summed E-state index contributed by atoms with van der Waals surface area (Å²) in [4.78, 5) is 22.7. The first-order valence-electron chi connectivity index (χ1n) is 5.17. The Morgan fingerprint density at radius 2 is 1.72 bits per heavy atom. The van der Waals surface area contributed by atoms with E-state index in [4.69, 9.17) is 44.6 Å². The van der Waals surface area contributed by atoms with Gasteiger partial charge >= 0.3 is 11.9 Å². The molecule has 0 aliphatic heterocycles. The zero-order valence-corrected chi connectivity index (χ0v) is 11.5. The molecule has 18 heavy (non-hydrogen) atoms. The summed E-state index contributed by atoms with van der Waals surface area (Å²) >= 11 is 16.4. The molecule has 0 fully saturated rings. The number of halogens is 3. The van der Waals surface area contributed by atoms with Crippen molar-refractivity contribution in [1.82, 2.24) is 0 Å². The summed E-state index contributed by atoms with van der Waals surface area (Å²) in [5.74, 6) is -3.10. The van der Waals surface area contributed by atoms with Gasteiger partial charge in [-0.25, -0.2) is 0 Å². The molecule has 0 unspecified atom stereocenters. The van der Waals surface area contributed by atoms with Gasteiger partial charge < -0.3 is 9.84 Å².